The highest BCUT2D eigenvalue weighted by Crippen LogP contribution is 2.66. The minimum Gasteiger partial charge on any atom is -0.503 e. The van der Waals surface area contributed by atoms with Crippen molar-refractivity contribution in [3.8, 4) is 11.5 Å². The molecule has 0 radical (unpaired) electrons. The average Bonchev–Trinajstić information content (AvgIpc) is 3.40. The number of hydrogen-bond acceptors (Lipinski definition) is 7. The van der Waals surface area contributed by atoms with Crippen LogP contribution >= 0.6 is 50.7 Å². The predicted molar refractivity (Wildman–Crippen MR) is 180 cm³/mol. The fourth-order valence-corrected chi connectivity index (χ4v) is 10.2. The van der Waals surface area contributed by atoms with E-state index in [1.165, 1.54) is 29.7 Å². The first-order chi connectivity index (χ1) is 22.5. The zero-order valence-corrected chi connectivity index (χ0v) is 29.4. The number of likely N-dealkylation sites (tertiary alicyclic amines) is 3. The Morgan fingerprint density at radius 3 is 2.36 bits per heavy atom. The predicted octanol–water partition coefficient (Wildman–Crippen LogP) is 5.43. The van der Waals surface area contributed by atoms with Crippen molar-refractivity contribution in [3.05, 3.63) is 70.3 Å². The lowest BCUT2D eigenvalue weighted by Crippen LogP contribution is -2.60. The minimum absolute atomic E-state index is 0.0396. The Bertz CT molecular complexity index is 1700. The van der Waals surface area contributed by atoms with Gasteiger partial charge in [0.25, 0.3) is 11.8 Å². The van der Waals surface area contributed by atoms with Crippen LogP contribution in [0.4, 0.5) is 0 Å². The number of amides is 4. The van der Waals surface area contributed by atoms with Gasteiger partial charge in [0, 0.05) is 31.6 Å². The Morgan fingerprint density at radius 1 is 1.00 bits per heavy atom. The molecule has 0 spiro atoms. The van der Waals surface area contributed by atoms with Crippen LogP contribution < -0.4 is 4.74 Å². The van der Waals surface area contributed by atoms with Crippen LogP contribution in [-0.4, -0.2) is 84.9 Å². The molecule has 5 aliphatic rings. The van der Waals surface area contributed by atoms with Crippen LogP contribution in [-0.2, 0) is 25.7 Å². The molecule has 9 nitrogen and oxygen atoms in total. The number of phenolic OH excluding ortho intramolecular Hbond substituents is 1. The maximum atomic E-state index is 14.4. The molecule has 0 unspecified atom stereocenters. The minimum atomic E-state index is -1.98. The molecule has 47 heavy (non-hydrogen) atoms. The van der Waals surface area contributed by atoms with Gasteiger partial charge in [-0.15, -0.1) is 23.2 Å². The van der Waals surface area contributed by atoms with Crippen LogP contribution in [0.5, 0.6) is 11.5 Å². The number of carbonyl (C=O) groups is 4. The standard InChI is InChI=1S/C34H33BrCl3N3O6/c1-47-25-14-19(13-24(36)28(25)42)27-21-7-8-22-26(23(21)15-33(37)31(45)40(17-35)32(46)34(27,33)38)30(44)41(29(22)43)20-9-11-39(12-10-20)16-18-5-3-2-4-6-18/h2-7,13-14,20,22-23,26-27,42H,8-12,15-17H2,1H3/t22-,23+,26-,27-,33+,34-/m0/s1. The zero-order chi connectivity index (χ0) is 33.4. The molecule has 0 bridgehead atoms. The number of alkyl halides is 3. The number of piperidine rings is 1. The smallest absolute Gasteiger partial charge is 0.254 e. The molecule has 13 heteroatoms. The molecular weight excluding hydrogens is 733 g/mol. The number of allylic oxidation sites excluding steroid dienone is 2. The summed E-state index contributed by atoms with van der Waals surface area (Å²) in [5.41, 5.74) is 2.15. The molecule has 1 N–H and O–H groups in total. The molecule has 0 aromatic heterocycles. The number of imide groups is 2. The highest BCUT2D eigenvalue weighted by atomic mass is 79.9. The summed E-state index contributed by atoms with van der Waals surface area (Å²) in [5.74, 6) is -5.09. The topological polar surface area (TPSA) is 107 Å². The second-order valence-corrected chi connectivity index (χ2v) is 15.2. The van der Waals surface area contributed by atoms with Gasteiger partial charge in [0.1, 0.15) is 0 Å². The highest BCUT2D eigenvalue weighted by Gasteiger charge is 2.76. The first-order valence-corrected chi connectivity index (χ1v) is 17.9. The van der Waals surface area contributed by atoms with Crippen molar-refractivity contribution in [3.63, 3.8) is 0 Å². The fraction of sp³-hybridized carbons (Fsp3) is 0.471. The van der Waals surface area contributed by atoms with Gasteiger partial charge in [-0.2, -0.15) is 0 Å². The van der Waals surface area contributed by atoms with E-state index in [9.17, 15) is 24.3 Å². The molecule has 3 saturated heterocycles. The van der Waals surface area contributed by atoms with Gasteiger partial charge in [0.15, 0.2) is 21.2 Å². The molecule has 7 rings (SSSR count). The van der Waals surface area contributed by atoms with Crippen LogP contribution in [0.25, 0.3) is 0 Å². The van der Waals surface area contributed by atoms with Crippen molar-refractivity contribution in [2.45, 2.75) is 53.9 Å². The van der Waals surface area contributed by atoms with E-state index < -0.39 is 45.2 Å². The van der Waals surface area contributed by atoms with Crippen molar-refractivity contribution in [2.75, 3.05) is 25.7 Å². The Hall–Kier alpha value is -2.63. The van der Waals surface area contributed by atoms with Gasteiger partial charge >= 0.3 is 0 Å². The summed E-state index contributed by atoms with van der Waals surface area (Å²) in [7, 11) is 1.37. The number of fused-ring (bicyclic) bond motifs is 4. The number of benzene rings is 2. The van der Waals surface area contributed by atoms with Crippen molar-refractivity contribution in [2.24, 2.45) is 17.8 Å². The summed E-state index contributed by atoms with van der Waals surface area (Å²) in [6, 6.07) is 13.0. The molecule has 4 amide bonds. The van der Waals surface area contributed by atoms with E-state index in [2.05, 4.69) is 33.0 Å². The Labute approximate surface area is 295 Å². The Kier molecular flexibility index (Phi) is 8.44. The van der Waals surface area contributed by atoms with Crippen LogP contribution in [0, 0.1) is 17.8 Å². The first-order valence-electron chi connectivity index (χ1n) is 15.7. The van der Waals surface area contributed by atoms with E-state index in [-0.39, 0.29) is 52.7 Å². The molecule has 2 aromatic rings. The summed E-state index contributed by atoms with van der Waals surface area (Å²) < 4.78 is 5.37. The molecule has 2 aliphatic carbocycles. The molecule has 248 valence electrons. The number of hydrogen-bond donors (Lipinski definition) is 1. The molecule has 3 heterocycles. The van der Waals surface area contributed by atoms with Gasteiger partial charge in [-0.3, -0.25) is 33.9 Å². The third kappa shape index (κ3) is 4.80. The summed E-state index contributed by atoms with van der Waals surface area (Å²) in [4.78, 5) is 57.2. The van der Waals surface area contributed by atoms with E-state index in [4.69, 9.17) is 39.5 Å². The quantitative estimate of drug-likeness (QED) is 0.181. The van der Waals surface area contributed by atoms with E-state index in [1.54, 1.807) is 0 Å². The lowest BCUT2D eigenvalue weighted by molar-refractivity contribution is -0.144. The number of aromatic hydroxyl groups is 1. The molecular formula is C34H33BrCl3N3O6. The largest absolute Gasteiger partial charge is 0.503 e. The van der Waals surface area contributed by atoms with Crippen LogP contribution in [0.2, 0.25) is 5.02 Å². The number of nitrogens with zero attached hydrogens (tertiary/aromatic N) is 3. The molecule has 2 aromatic carbocycles. The molecule has 1 saturated carbocycles. The van der Waals surface area contributed by atoms with Gasteiger partial charge in [0.05, 0.1) is 29.4 Å². The number of methoxy groups -OCH3 is 1. The van der Waals surface area contributed by atoms with Crippen molar-refractivity contribution >= 4 is 74.4 Å². The summed E-state index contributed by atoms with van der Waals surface area (Å²) in [6.07, 6.45) is 3.40. The average molecular weight is 766 g/mol. The fourth-order valence-electron chi connectivity index (χ4n) is 8.60. The second-order valence-electron chi connectivity index (χ2n) is 13.1. The number of carbonyl (C=O) groups excluding carboxylic acids is 4. The van der Waals surface area contributed by atoms with Crippen molar-refractivity contribution < 1.29 is 29.0 Å². The van der Waals surface area contributed by atoms with Gasteiger partial charge in [-0.1, -0.05) is 69.5 Å². The first kappa shape index (κ1) is 32.9. The summed E-state index contributed by atoms with van der Waals surface area (Å²) in [6.45, 7) is 2.31. The van der Waals surface area contributed by atoms with E-state index >= 15 is 0 Å². The van der Waals surface area contributed by atoms with Gasteiger partial charge in [0.2, 0.25) is 11.8 Å². The third-order valence-electron chi connectivity index (χ3n) is 10.8. The maximum absolute atomic E-state index is 14.4. The number of halogens is 4. The van der Waals surface area contributed by atoms with Gasteiger partial charge in [-0.05, 0) is 54.9 Å². The number of rotatable bonds is 6. The zero-order valence-electron chi connectivity index (χ0n) is 25.5. The second kappa shape index (κ2) is 12.1. The normalized spacial score (nSPS) is 32.7. The Morgan fingerprint density at radius 2 is 1.70 bits per heavy atom. The summed E-state index contributed by atoms with van der Waals surface area (Å²) in [5, 5.41) is 10.5. The monoisotopic (exact) mass is 763 g/mol. The maximum Gasteiger partial charge on any atom is 0.254 e. The lowest BCUT2D eigenvalue weighted by atomic mass is 9.56. The van der Waals surface area contributed by atoms with Crippen LogP contribution in [0.1, 0.15) is 42.7 Å². The number of ether oxygens (including phenoxy) is 1. The van der Waals surface area contributed by atoms with E-state index in [1.807, 2.05) is 24.3 Å². The van der Waals surface area contributed by atoms with E-state index in [0.717, 1.165) is 24.5 Å². The summed E-state index contributed by atoms with van der Waals surface area (Å²) >= 11 is 24.3. The highest BCUT2D eigenvalue weighted by molar-refractivity contribution is 9.09. The molecule has 6 atom stereocenters. The number of phenols is 1. The van der Waals surface area contributed by atoms with Crippen molar-refractivity contribution in [1.82, 2.24) is 14.7 Å². The Balaban J connectivity index is 1.24. The van der Waals surface area contributed by atoms with Crippen LogP contribution in [0.3, 0.4) is 0 Å². The van der Waals surface area contributed by atoms with Crippen molar-refractivity contribution in [1.29, 1.82) is 0 Å². The molecule has 3 aliphatic heterocycles. The molecule has 4 fully saturated rings. The third-order valence-corrected chi connectivity index (χ3v) is 13.0. The van der Waals surface area contributed by atoms with Gasteiger partial charge < -0.3 is 9.84 Å². The van der Waals surface area contributed by atoms with Gasteiger partial charge in [-0.25, -0.2) is 0 Å². The van der Waals surface area contributed by atoms with E-state index in [0.29, 0.717) is 24.0 Å². The SMILES string of the molecule is COc1cc([C@H]2C3=CC[C@@H]4C(=O)N(C5CCN(Cc6ccccc6)CC5)C(=O)[C@@H]4[C@@H]3C[C@@]3(Cl)C(=O)N(CBr)C(=O)[C@@]23Cl)cc(Cl)c1O. The van der Waals surface area contributed by atoms with Crippen LogP contribution in [0.15, 0.2) is 54.1 Å². The lowest BCUT2D eigenvalue weighted by Gasteiger charge is -2.50.